The first-order valence-electron chi connectivity index (χ1n) is 4.07. The Morgan fingerprint density at radius 2 is 2.29 bits per heavy atom. The van der Waals surface area contributed by atoms with Gasteiger partial charge in [0, 0.05) is 15.4 Å². The molecule has 0 radical (unpaired) electrons. The number of alkyl halides is 1. The lowest BCUT2D eigenvalue weighted by Crippen LogP contribution is -1.82. The summed E-state index contributed by atoms with van der Waals surface area (Å²) < 4.78 is 7.89. The van der Waals surface area contributed by atoms with E-state index in [2.05, 4.69) is 56.7 Å². The molecule has 4 heteroatoms. The van der Waals surface area contributed by atoms with Gasteiger partial charge in [-0.1, -0.05) is 22.0 Å². The van der Waals surface area contributed by atoms with Gasteiger partial charge >= 0.3 is 0 Å². The molecule has 1 heterocycles. The van der Waals surface area contributed by atoms with E-state index in [1.165, 1.54) is 18.5 Å². The van der Waals surface area contributed by atoms with Gasteiger partial charge in [-0.05, 0) is 40.3 Å². The van der Waals surface area contributed by atoms with Gasteiger partial charge in [0.2, 0.25) is 0 Å². The largest absolute Gasteiger partial charge is 0.494 e. The first kappa shape index (κ1) is 10.7. The lowest BCUT2D eigenvalue weighted by atomic mass is 10.2. The Morgan fingerprint density at radius 1 is 1.50 bits per heavy atom. The van der Waals surface area contributed by atoms with Gasteiger partial charge in [0.1, 0.15) is 2.88 Å². The molecule has 0 bridgehead atoms. The highest BCUT2D eigenvalue weighted by molar-refractivity contribution is 14.1. The van der Waals surface area contributed by atoms with E-state index in [4.69, 9.17) is 4.74 Å². The molecule has 74 valence electrons. The molecule has 1 nitrogen and oxygen atoms in total. The maximum atomic E-state index is 5.39. The summed E-state index contributed by atoms with van der Waals surface area (Å²) in [4.78, 5) is 0. The number of rotatable bonds is 2. The Hall–Kier alpha value is 0.190. The Labute approximate surface area is 109 Å². The van der Waals surface area contributed by atoms with Crippen LogP contribution in [0.1, 0.15) is 5.56 Å². The van der Waals surface area contributed by atoms with Crippen molar-refractivity contribution in [3.05, 3.63) is 26.6 Å². The zero-order valence-corrected chi connectivity index (χ0v) is 12.1. The molecule has 0 fully saturated rings. The number of ether oxygens (including phenoxy) is 1. The number of benzene rings is 1. The molecule has 0 amide bonds. The third kappa shape index (κ3) is 1.79. The highest BCUT2D eigenvalue weighted by Crippen LogP contribution is 2.38. The van der Waals surface area contributed by atoms with E-state index < -0.39 is 0 Å². The van der Waals surface area contributed by atoms with Crippen molar-refractivity contribution in [3.63, 3.8) is 0 Å². The zero-order chi connectivity index (χ0) is 10.1. The first-order chi connectivity index (χ1) is 6.76. The van der Waals surface area contributed by atoms with Crippen LogP contribution in [-0.4, -0.2) is 7.11 Å². The molecule has 2 aromatic rings. The third-order valence-corrected chi connectivity index (χ3v) is 4.76. The average Bonchev–Trinajstić information content (AvgIpc) is 2.52. The van der Waals surface area contributed by atoms with Crippen molar-refractivity contribution < 1.29 is 4.74 Å². The monoisotopic (exact) mass is 382 g/mol. The van der Waals surface area contributed by atoms with Crippen LogP contribution < -0.4 is 4.74 Å². The van der Waals surface area contributed by atoms with Crippen LogP contribution in [0.15, 0.2) is 18.2 Å². The van der Waals surface area contributed by atoms with Crippen LogP contribution in [0.2, 0.25) is 0 Å². The van der Waals surface area contributed by atoms with Gasteiger partial charge < -0.3 is 4.74 Å². The van der Waals surface area contributed by atoms with E-state index in [1.54, 1.807) is 18.4 Å². The summed E-state index contributed by atoms with van der Waals surface area (Å²) >= 11 is 7.55. The summed E-state index contributed by atoms with van der Waals surface area (Å²) in [6.45, 7) is 0. The topological polar surface area (TPSA) is 9.23 Å². The van der Waals surface area contributed by atoms with Crippen molar-refractivity contribution in [1.82, 2.24) is 0 Å². The van der Waals surface area contributed by atoms with Crippen LogP contribution in [-0.2, 0) is 5.33 Å². The lowest BCUT2D eigenvalue weighted by molar-refractivity contribution is 0.419. The Balaban J connectivity index is 2.71. The fourth-order valence-corrected chi connectivity index (χ4v) is 3.81. The quantitative estimate of drug-likeness (QED) is 0.552. The summed E-state index contributed by atoms with van der Waals surface area (Å²) in [5, 5.41) is 2.11. The number of hydrogen-bond acceptors (Lipinski definition) is 2. The summed E-state index contributed by atoms with van der Waals surface area (Å²) in [7, 11) is 1.73. The lowest BCUT2D eigenvalue weighted by Gasteiger charge is -1.99. The van der Waals surface area contributed by atoms with Crippen molar-refractivity contribution in [3.8, 4) is 5.75 Å². The van der Waals surface area contributed by atoms with Crippen molar-refractivity contribution >= 4 is 59.9 Å². The minimum absolute atomic E-state index is 0.887. The summed E-state index contributed by atoms with van der Waals surface area (Å²) in [6, 6.07) is 6.48. The van der Waals surface area contributed by atoms with E-state index in [-0.39, 0.29) is 0 Å². The van der Waals surface area contributed by atoms with Gasteiger partial charge in [0.25, 0.3) is 0 Å². The fourth-order valence-electron chi connectivity index (χ4n) is 1.37. The number of hydrogen-bond donors (Lipinski definition) is 0. The number of methoxy groups -OCH3 is 1. The van der Waals surface area contributed by atoms with Crippen LogP contribution in [0.4, 0.5) is 0 Å². The van der Waals surface area contributed by atoms with Gasteiger partial charge in [-0.25, -0.2) is 0 Å². The van der Waals surface area contributed by atoms with Gasteiger partial charge in [-0.15, -0.1) is 11.3 Å². The molecule has 0 saturated heterocycles. The van der Waals surface area contributed by atoms with Crippen LogP contribution in [0, 0.1) is 2.88 Å². The van der Waals surface area contributed by atoms with E-state index >= 15 is 0 Å². The second-order valence-corrected chi connectivity index (χ2v) is 6.30. The first-order valence-corrected chi connectivity index (χ1v) is 7.09. The third-order valence-electron chi connectivity index (χ3n) is 2.03. The van der Waals surface area contributed by atoms with E-state index in [0.29, 0.717) is 0 Å². The SMILES string of the molecule is COc1c(I)sc2ccc(CBr)cc12. The molecule has 0 aliphatic rings. The zero-order valence-electron chi connectivity index (χ0n) is 7.51. The molecular weight excluding hydrogens is 375 g/mol. The fraction of sp³-hybridized carbons (Fsp3) is 0.200. The molecule has 0 atom stereocenters. The molecule has 0 spiro atoms. The molecular formula is C10H8BrIOS. The number of fused-ring (bicyclic) bond motifs is 1. The molecule has 2 rings (SSSR count). The van der Waals surface area contributed by atoms with Crippen molar-refractivity contribution in [2.45, 2.75) is 5.33 Å². The molecule has 0 N–H and O–H groups in total. The van der Waals surface area contributed by atoms with Gasteiger partial charge in [-0.2, -0.15) is 0 Å². The van der Waals surface area contributed by atoms with Crippen LogP contribution >= 0.6 is 49.9 Å². The van der Waals surface area contributed by atoms with Gasteiger partial charge in [0.05, 0.1) is 7.11 Å². The van der Waals surface area contributed by atoms with E-state index in [9.17, 15) is 0 Å². The molecule has 0 aliphatic heterocycles. The standard InChI is InChI=1S/C10H8BrIOS/c1-13-9-7-4-6(5-11)2-3-8(7)14-10(9)12/h2-4H,5H2,1H3. The van der Waals surface area contributed by atoms with Gasteiger partial charge in [-0.3, -0.25) is 0 Å². The molecule has 1 aromatic heterocycles. The minimum atomic E-state index is 0.887. The smallest absolute Gasteiger partial charge is 0.150 e. The maximum Gasteiger partial charge on any atom is 0.150 e. The maximum absolute atomic E-state index is 5.39. The molecule has 0 aliphatic carbocycles. The highest BCUT2D eigenvalue weighted by Gasteiger charge is 2.10. The van der Waals surface area contributed by atoms with Crippen molar-refractivity contribution in [1.29, 1.82) is 0 Å². The normalized spacial score (nSPS) is 10.8. The van der Waals surface area contributed by atoms with E-state index in [1.807, 2.05) is 0 Å². The predicted molar refractivity (Wildman–Crippen MR) is 73.7 cm³/mol. The molecule has 0 saturated carbocycles. The summed E-state index contributed by atoms with van der Waals surface area (Å²) in [6.07, 6.45) is 0. The van der Waals surface area contributed by atoms with Crippen molar-refractivity contribution in [2.24, 2.45) is 0 Å². The highest BCUT2D eigenvalue weighted by atomic mass is 127. The summed E-state index contributed by atoms with van der Waals surface area (Å²) in [5.41, 5.74) is 1.28. The average molecular weight is 383 g/mol. The minimum Gasteiger partial charge on any atom is -0.494 e. The Kier molecular flexibility index (Phi) is 3.34. The second kappa shape index (κ2) is 4.37. The Bertz CT molecular complexity index is 466. The Morgan fingerprint density at radius 3 is 2.93 bits per heavy atom. The van der Waals surface area contributed by atoms with Crippen molar-refractivity contribution in [2.75, 3.05) is 7.11 Å². The number of thiophene rings is 1. The number of halogens is 2. The molecule has 14 heavy (non-hydrogen) atoms. The molecule has 1 aromatic carbocycles. The van der Waals surface area contributed by atoms with Crippen LogP contribution in [0.25, 0.3) is 10.1 Å². The predicted octanol–water partition coefficient (Wildman–Crippen LogP) is 4.41. The second-order valence-electron chi connectivity index (χ2n) is 2.87. The van der Waals surface area contributed by atoms with E-state index in [0.717, 1.165) is 11.1 Å². The van der Waals surface area contributed by atoms with Crippen LogP contribution in [0.3, 0.4) is 0 Å². The molecule has 0 unspecified atom stereocenters. The van der Waals surface area contributed by atoms with Gasteiger partial charge in [0.15, 0.2) is 5.75 Å². The van der Waals surface area contributed by atoms with Crippen LogP contribution in [0.5, 0.6) is 5.75 Å². The summed E-state index contributed by atoms with van der Waals surface area (Å²) in [5.74, 6) is 1.01.